The summed E-state index contributed by atoms with van der Waals surface area (Å²) in [4.78, 5) is 12.8. The molecule has 3 heterocycles. The van der Waals surface area contributed by atoms with Crippen molar-refractivity contribution >= 4 is 41.3 Å². The van der Waals surface area contributed by atoms with Crippen LogP contribution in [0.5, 0.6) is 0 Å². The summed E-state index contributed by atoms with van der Waals surface area (Å²) >= 11 is 6.21. The molecule has 3 rings (SSSR count). The molecule has 0 saturated heterocycles. The quantitative estimate of drug-likeness (QED) is 0.307. The van der Waals surface area contributed by atoms with Gasteiger partial charge in [-0.05, 0) is 26.0 Å². The molecule has 3 aromatic rings. The summed E-state index contributed by atoms with van der Waals surface area (Å²) < 4.78 is 30.3. The maximum absolute atomic E-state index is 12.4. The van der Waals surface area contributed by atoms with E-state index in [0.29, 0.717) is 42.7 Å². The van der Waals surface area contributed by atoms with E-state index in [1.807, 2.05) is 16.7 Å². The van der Waals surface area contributed by atoms with Crippen LogP contribution in [0.25, 0.3) is 22.1 Å². The molecule has 26 heavy (non-hydrogen) atoms. The monoisotopic (exact) mass is 398 g/mol. The molecule has 0 aliphatic heterocycles. The van der Waals surface area contributed by atoms with Crippen molar-refractivity contribution in [2.24, 2.45) is 0 Å². The summed E-state index contributed by atoms with van der Waals surface area (Å²) in [5.74, 6) is 0. The standard InChI is InChI=1S/C16H20ClN4O4P/c1-3-24-26(22,25-4-2)11-23-9-8-21-10-19-13-14(21)12-6-5-7-18-16(12)20-15(13)17/h5-7,10H,3-4,8-9,11H2,1-2H3. The molecule has 0 atom stereocenters. The van der Waals surface area contributed by atoms with Crippen molar-refractivity contribution in [3.8, 4) is 0 Å². The van der Waals surface area contributed by atoms with Gasteiger partial charge in [0.15, 0.2) is 10.8 Å². The zero-order chi connectivity index (χ0) is 18.6. The van der Waals surface area contributed by atoms with Gasteiger partial charge in [0, 0.05) is 18.1 Å². The van der Waals surface area contributed by atoms with Crippen molar-refractivity contribution in [3.05, 3.63) is 29.8 Å². The van der Waals surface area contributed by atoms with E-state index in [4.69, 9.17) is 25.4 Å². The van der Waals surface area contributed by atoms with Crippen LogP contribution in [0, 0.1) is 0 Å². The zero-order valence-electron chi connectivity index (χ0n) is 14.6. The molecule has 0 unspecified atom stereocenters. The molecule has 0 N–H and O–H groups in total. The predicted molar refractivity (Wildman–Crippen MR) is 99.5 cm³/mol. The zero-order valence-corrected chi connectivity index (χ0v) is 16.2. The average Bonchev–Trinajstić information content (AvgIpc) is 3.04. The van der Waals surface area contributed by atoms with Gasteiger partial charge in [0.25, 0.3) is 0 Å². The van der Waals surface area contributed by atoms with Gasteiger partial charge in [0.05, 0.1) is 31.7 Å². The highest BCUT2D eigenvalue weighted by Gasteiger charge is 2.23. The Morgan fingerprint density at radius 3 is 2.73 bits per heavy atom. The predicted octanol–water partition coefficient (Wildman–Crippen LogP) is 3.87. The van der Waals surface area contributed by atoms with Crippen molar-refractivity contribution in [3.63, 3.8) is 0 Å². The van der Waals surface area contributed by atoms with Gasteiger partial charge >= 0.3 is 7.60 Å². The summed E-state index contributed by atoms with van der Waals surface area (Å²) in [7, 11) is -3.21. The van der Waals surface area contributed by atoms with Crippen LogP contribution in [0.15, 0.2) is 24.7 Å². The van der Waals surface area contributed by atoms with Gasteiger partial charge in [0.2, 0.25) is 0 Å². The molecule has 8 nitrogen and oxygen atoms in total. The van der Waals surface area contributed by atoms with Gasteiger partial charge < -0.3 is 18.4 Å². The number of ether oxygens (including phenoxy) is 1. The summed E-state index contributed by atoms with van der Waals surface area (Å²) in [5, 5.41) is 1.17. The smallest absolute Gasteiger partial charge is 0.356 e. The maximum atomic E-state index is 12.4. The Labute approximate surface area is 156 Å². The number of fused-ring (bicyclic) bond motifs is 3. The third-order valence-electron chi connectivity index (χ3n) is 3.66. The second-order valence-electron chi connectivity index (χ2n) is 5.40. The molecule has 0 aromatic carbocycles. The third kappa shape index (κ3) is 4.05. The van der Waals surface area contributed by atoms with E-state index in [0.717, 1.165) is 10.9 Å². The number of hydrogen-bond acceptors (Lipinski definition) is 7. The highest BCUT2D eigenvalue weighted by Crippen LogP contribution is 2.47. The van der Waals surface area contributed by atoms with E-state index < -0.39 is 7.60 Å². The first-order valence-electron chi connectivity index (χ1n) is 8.29. The molecule has 0 amide bonds. The molecule has 0 spiro atoms. The van der Waals surface area contributed by atoms with Gasteiger partial charge in [-0.25, -0.2) is 15.0 Å². The van der Waals surface area contributed by atoms with Crippen LogP contribution >= 0.6 is 19.2 Å². The number of imidazole rings is 1. The molecule has 0 aliphatic carbocycles. The normalized spacial score (nSPS) is 12.3. The third-order valence-corrected chi connectivity index (χ3v) is 5.72. The van der Waals surface area contributed by atoms with Crippen molar-refractivity contribution in [1.82, 2.24) is 19.5 Å². The van der Waals surface area contributed by atoms with Crippen LogP contribution < -0.4 is 0 Å². The molecule has 0 aliphatic rings. The lowest BCUT2D eigenvalue weighted by molar-refractivity contribution is 0.127. The Bertz CT molecular complexity index is 939. The lowest BCUT2D eigenvalue weighted by atomic mass is 10.2. The fourth-order valence-corrected chi connectivity index (χ4v) is 4.23. The largest absolute Gasteiger partial charge is 0.367 e. The number of aromatic nitrogens is 4. The van der Waals surface area contributed by atoms with E-state index >= 15 is 0 Å². The number of hydrogen-bond donors (Lipinski definition) is 0. The first-order chi connectivity index (χ1) is 12.6. The van der Waals surface area contributed by atoms with Crippen molar-refractivity contribution in [1.29, 1.82) is 0 Å². The number of pyridine rings is 2. The van der Waals surface area contributed by atoms with E-state index in [1.165, 1.54) is 0 Å². The van der Waals surface area contributed by atoms with Gasteiger partial charge in [-0.3, -0.25) is 4.57 Å². The highest BCUT2D eigenvalue weighted by atomic mass is 35.5. The Morgan fingerprint density at radius 2 is 2.00 bits per heavy atom. The van der Waals surface area contributed by atoms with E-state index in [2.05, 4.69) is 15.0 Å². The van der Waals surface area contributed by atoms with Crippen molar-refractivity contribution in [2.45, 2.75) is 20.4 Å². The summed E-state index contributed by atoms with van der Waals surface area (Å²) in [5.41, 5.74) is 2.01. The van der Waals surface area contributed by atoms with Gasteiger partial charge in [-0.2, -0.15) is 0 Å². The molecule has 0 radical (unpaired) electrons. The fraction of sp³-hybridized carbons (Fsp3) is 0.438. The Morgan fingerprint density at radius 1 is 1.23 bits per heavy atom. The second-order valence-corrected chi connectivity index (χ2v) is 7.75. The highest BCUT2D eigenvalue weighted by molar-refractivity contribution is 7.53. The van der Waals surface area contributed by atoms with Gasteiger partial charge in [-0.15, -0.1) is 0 Å². The van der Waals surface area contributed by atoms with E-state index in [-0.39, 0.29) is 6.35 Å². The topological polar surface area (TPSA) is 88.4 Å². The van der Waals surface area contributed by atoms with Crippen LogP contribution in [-0.2, 0) is 24.9 Å². The van der Waals surface area contributed by atoms with Gasteiger partial charge in [0.1, 0.15) is 11.9 Å². The second kappa shape index (κ2) is 8.41. The summed E-state index contributed by atoms with van der Waals surface area (Å²) in [6.07, 6.45) is 3.25. The molecule has 0 bridgehead atoms. The Hall–Kier alpha value is -1.57. The summed E-state index contributed by atoms with van der Waals surface area (Å²) in [6, 6.07) is 3.76. The lowest BCUT2D eigenvalue weighted by Gasteiger charge is -2.17. The maximum Gasteiger partial charge on any atom is 0.356 e. The number of halogens is 1. The lowest BCUT2D eigenvalue weighted by Crippen LogP contribution is -2.09. The first-order valence-corrected chi connectivity index (χ1v) is 10.4. The van der Waals surface area contributed by atoms with Crippen LogP contribution in [0.3, 0.4) is 0 Å². The number of rotatable bonds is 9. The van der Waals surface area contributed by atoms with Crippen molar-refractivity contribution < 1.29 is 18.3 Å². The van der Waals surface area contributed by atoms with Crippen LogP contribution in [0.2, 0.25) is 5.15 Å². The van der Waals surface area contributed by atoms with Crippen LogP contribution in [-0.4, -0.2) is 45.7 Å². The molecule has 0 fully saturated rings. The average molecular weight is 399 g/mol. The minimum Gasteiger partial charge on any atom is -0.367 e. The Balaban J connectivity index is 1.75. The molecular formula is C16H20ClN4O4P. The van der Waals surface area contributed by atoms with E-state index in [1.54, 1.807) is 26.4 Å². The first kappa shape index (κ1) is 19.2. The van der Waals surface area contributed by atoms with Crippen molar-refractivity contribution in [2.75, 3.05) is 26.2 Å². The SMILES string of the molecule is CCOP(=O)(COCCn1cnc2c(Cl)nc3ncccc3c21)OCC. The number of nitrogens with zero attached hydrogens (tertiary/aromatic N) is 4. The molecule has 140 valence electrons. The van der Waals surface area contributed by atoms with Crippen LogP contribution in [0.4, 0.5) is 0 Å². The summed E-state index contributed by atoms with van der Waals surface area (Å²) in [6.45, 7) is 4.95. The molecule has 3 aromatic heterocycles. The van der Waals surface area contributed by atoms with E-state index in [9.17, 15) is 4.57 Å². The van der Waals surface area contributed by atoms with Gasteiger partial charge in [-0.1, -0.05) is 11.6 Å². The molecule has 10 heteroatoms. The Kier molecular flexibility index (Phi) is 6.21. The molecular weight excluding hydrogens is 379 g/mol. The minimum absolute atomic E-state index is 0.0913. The fourth-order valence-electron chi connectivity index (χ4n) is 2.65. The molecule has 0 saturated carbocycles. The van der Waals surface area contributed by atoms with Crippen LogP contribution in [0.1, 0.15) is 13.8 Å². The minimum atomic E-state index is -3.21.